The number of aryl methyl sites for hydroxylation is 1. The zero-order valence-electron chi connectivity index (χ0n) is 7.73. The normalized spacial score (nSPS) is 10.7. The Hall–Kier alpha value is -1.27. The standard InChI is InChI=1S/C8H10N4OS/c1-5-10-6(4-14-5)8-12-11-7(13-8)2-3-9/h4H,2-3,9H2,1H3. The van der Waals surface area contributed by atoms with Crippen molar-refractivity contribution >= 4 is 11.3 Å². The molecule has 14 heavy (non-hydrogen) atoms. The van der Waals surface area contributed by atoms with Crippen molar-refractivity contribution in [3.8, 4) is 11.6 Å². The molecule has 0 saturated heterocycles. The second-order valence-corrected chi connectivity index (χ2v) is 3.85. The minimum Gasteiger partial charge on any atom is -0.419 e. The number of thiazole rings is 1. The maximum absolute atomic E-state index is 5.37. The van der Waals surface area contributed by atoms with Crippen LogP contribution >= 0.6 is 11.3 Å². The highest BCUT2D eigenvalue weighted by Crippen LogP contribution is 2.19. The van der Waals surface area contributed by atoms with Crippen LogP contribution in [-0.4, -0.2) is 21.7 Å². The molecule has 2 rings (SSSR count). The molecule has 74 valence electrons. The summed E-state index contributed by atoms with van der Waals surface area (Å²) < 4.78 is 5.37. The Morgan fingerprint density at radius 3 is 3.00 bits per heavy atom. The van der Waals surface area contributed by atoms with E-state index in [0.717, 1.165) is 10.7 Å². The van der Waals surface area contributed by atoms with Gasteiger partial charge in [0.25, 0.3) is 5.89 Å². The topological polar surface area (TPSA) is 77.8 Å². The molecule has 0 aliphatic heterocycles. The Balaban J connectivity index is 2.24. The zero-order valence-corrected chi connectivity index (χ0v) is 8.54. The molecule has 2 N–H and O–H groups in total. The summed E-state index contributed by atoms with van der Waals surface area (Å²) in [6.07, 6.45) is 0.607. The molecule has 6 heteroatoms. The Labute approximate surface area is 85.0 Å². The fourth-order valence-electron chi connectivity index (χ4n) is 1.04. The summed E-state index contributed by atoms with van der Waals surface area (Å²) in [5.74, 6) is 1.03. The molecule has 0 amide bonds. The quantitative estimate of drug-likeness (QED) is 0.817. The van der Waals surface area contributed by atoms with E-state index in [-0.39, 0.29) is 0 Å². The molecular formula is C8H10N4OS. The van der Waals surface area contributed by atoms with Crippen molar-refractivity contribution in [2.75, 3.05) is 6.54 Å². The van der Waals surface area contributed by atoms with E-state index in [1.807, 2.05) is 12.3 Å². The summed E-state index contributed by atoms with van der Waals surface area (Å²) in [7, 11) is 0. The molecule has 0 aliphatic rings. The first-order valence-electron chi connectivity index (χ1n) is 4.24. The van der Waals surface area contributed by atoms with Crippen molar-refractivity contribution in [2.45, 2.75) is 13.3 Å². The van der Waals surface area contributed by atoms with Crippen LogP contribution in [0, 0.1) is 6.92 Å². The lowest BCUT2D eigenvalue weighted by Gasteiger charge is -1.87. The van der Waals surface area contributed by atoms with Gasteiger partial charge in [0.15, 0.2) is 0 Å². The highest BCUT2D eigenvalue weighted by atomic mass is 32.1. The number of hydrogen-bond donors (Lipinski definition) is 1. The van der Waals surface area contributed by atoms with Gasteiger partial charge in [0, 0.05) is 18.3 Å². The molecule has 0 bridgehead atoms. The van der Waals surface area contributed by atoms with Crippen LogP contribution in [0.1, 0.15) is 10.9 Å². The molecule has 0 saturated carbocycles. The summed E-state index contributed by atoms with van der Waals surface area (Å²) in [5, 5.41) is 10.6. The summed E-state index contributed by atoms with van der Waals surface area (Å²) in [6.45, 7) is 2.45. The van der Waals surface area contributed by atoms with Gasteiger partial charge in [-0.2, -0.15) is 0 Å². The first kappa shape index (κ1) is 9.29. The van der Waals surface area contributed by atoms with Gasteiger partial charge in [0.2, 0.25) is 5.89 Å². The lowest BCUT2D eigenvalue weighted by atomic mass is 10.4. The van der Waals surface area contributed by atoms with Gasteiger partial charge in [-0.3, -0.25) is 0 Å². The van der Waals surface area contributed by atoms with E-state index in [4.69, 9.17) is 10.2 Å². The fraction of sp³-hybridized carbons (Fsp3) is 0.375. The van der Waals surface area contributed by atoms with Crippen molar-refractivity contribution in [1.82, 2.24) is 15.2 Å². The second kappa shape index (κ2) is 3.85. The van der Waals surface area contributed by atoms with E-state index in [2.05, 4.69) is 15.2 Å². The van der Waals surface area contributed by atoms with Crippen molar-refractivity contribution in [3.05, 3.63) is 16.3 Å². The monoisotopic (exact) mass is 210 g/mol. The van der Waals surface area contributed by atoms with Gasteiger partial charge < -0.3 is 10.2 Å². The Bertz CT molecular complexity index is 422. The molecule has 0 atom stereocenters. The zero-order chi connectivity index (χ0) is 9.97. The molecule has 2 aromatic heterocycles. The van der Waals surface area contributed by atoms with Crippen LogP contribution in [-0.2, 0) is 6.42 Å². The predicted molar refractivity (Wildman–Crippen MR) is 52.9 cm³/mol. The third kappa shape index (κ3) is 1.80. The maximum atomic E-state index is 5.37. The van der Waals surface area contributed by atoms with Gasteiger partial charge in [-0.25, -0.2) is 4.98 Å². The first-order chi connectivity index (χ1) is 6.79. The summed E-state index contributed by atoms with van der Waals surface area (Å²) in [4.78, 5) is 4.25. The lowest BCUT2D eigenvalue weighted by Crippen LogP contribution is -2.02. The molecule has 0 fully saturated rings. The van der Waals surface area contributed by atoms with Crippen LogP contribution in [0.4, 0.5) is 0 Å². The van der Waals surface area contributed by atoms with E-state index < -0.39 is 0 Å². The number of aromatic nitrogens is 3. The van der Waals surface area contributed by atoms with Crippen LogP contribution in [0.2, 0.25) is 0 Å². The average Bonchev–Trinajstić information content (AvgIpc) is 2.74. The third-order valence-electron chi connectivity index (χ3n) is 1.66. The second-order valence-electron chi connectivity index (χ2n) is 2.79. The summed E-state index contributed by atoms with van der Waals surface area (Å²) in [5.41, 5.74) is 6.11. The highest BCUT2D eigenvalue weighted by Gasteiger charge is 2.10. The van der Waals surface area contributed by atoms with Gasteiger partial charge in [-0.1, -0.05) is 0 Å². The van der Waals surface area contributed by atoms with E-state index in [9.17, 15) is 0 Å². The van der Waals surface area contributed by atoms with Crippen LogP contribution in [0.5, 0.6) is 0 Å². The van der Waals surface area contributed by atoms with Gasteiger partial charge in [0.05, 0.1) is 5.01 Å². The Morgan fingerprint density at radius 1 is 1.50 bits per heavy atom. The van der Waals surface area contributed by atoms with Crippen molar-refractivity contribution in [3.63, 3.8) is 0 Å². The van der Waals surface area contributed by atoms with Crippen LogP contribution < -0.4 is 5.73 Å². The predicted octanol–water partition coefficient (Wildman–Crippen LogP) is 1.00. The molecule has 0 radical (unpaired) electrons. The van der Waals surface area contributed by atoms with Gasteiger partial charge in [-0.15, -0.1) is 21.5 Å². The highest BCUT2D eigenvalue weighted by molar-refractivity contribution is 7.09. The molecule has 2 heterocycles. The van der Waals surface area contributed by atoms with Crippen molar-refractivity contribution < 1.29 is 4.42 Å². The maximum Gasteiger partial charge on any atom is 0.267 e. The van der Waals surface area contributed by atoms with E-state index >= 15 is 0 Å². The average molecular weight is 210 g/mol. The van der Waals surface area contributed by atoms with Crippen molar-refractivity contribution in [1.29, 1.82) is 0 Å². The van der Waals surface area contributed by atoms with Crippen molar-refractivity contribution in [2.24, 2.45) is 5.73 Å². The SMILES string of the molecule is Cc1nc(-c2nnc(CCN)o2)cs1. The van der Waals surface area contributed by atoms with Gasteiger partial charge in [0.1, 0.15) is 5.69 Å². The smallest absolute Gasteiger partial charge is 0.267 e. The largest absolute Gasteiger partial charge is 0.419 e. The van der Waals surface area contributed by atoms with E-state index in [1.54, 1.807) is 11.3 Å². The molecule has 0 unspecified atom stereocenters. The third-order valence-corrected chi connectivity index (χ3v) is 2.44. The number of rotatable bonds is 3. The fourth-order valence-corrected chi connectivity index (χ4v) is 1.63. The molecule has 0 spiro atoms. The molecule has 0 aliphatic carbocycles. The Kier molecular flexibility index (Phi) is 2.55. The molecule has 2 aromatic rings. The molecular weight excluding hydrogens is 200 g/mol. The van der Waals surface area contributed by atoms with Crippen LogP contribution in [0.15, 0.2) is 9.80 Å². The van der Waals surface area contributed by atoms with E-state index in [0.29, 0.717) is 24.7 Å². The van der Waals surface area contributed by atoms with Crippen LogP contribution in [0.3, 0.4) is 0 Å². The minimum atomic E-state index is 0.470. The lowest BCUT2D eigenvalue weighted by molar-refractivity contribution is 0.506. The minimum absolute atomic E-state index is 0.470. The first-order valence-corrected chi connectivity index (χ1v) is 5.12. The summed E-state index contributed by atoms with van der Waals surface area (Å²) >= 11 is 1.56. The summed E-state index contributed by atoms with van der Waals surface area (Å²) in [6, 6.07) is 0. The number of nitrogens with two attached hydrogens (primary N) is 1. The van der Waals surface area contributed by atoms with E-state index in [1.165, 1.54) is 0 Å². The number of nitrogens with zero attached hydrogens (tertiary/aromatic N) is 3. The number of hydrogen-bond acceptors (Lipinski definition) is 6. The molecule has 5 nitrogen and oxygen atoms in total. The molecule has 0 aromatic carbocycles. The van der Waals surface area contributed by atoms with Gasteiger partial charge in [-0.05, 0) is 6.92 Å². The Morgan fingerprint density at radius 2 is 2.36 bits per heavy atom. The van der Waals surface area contributed by atoms with Crippen LogP contribution in [0.25, 0.3) is 11.6 Å². The van der Waals surface area contributed by atoms with Gasteiger partial charge >= 0.3 is 0 Å².